The highest BCUT2D eigenvalue weighted by molar-refractivity contribution is 6.01. The SMILES string of the molecule is COC(=O)c1c(CC(=O)N2CC(C)CC(C)C2)[nH]c(C(C)=O)c1C. The van der Waals surface area contributed by atoms with Crippen molar-refractivity contribution in [3.05, 3.63) is 22.5 Å². The first-order valence-electron chi connectivity index (χ1n) is 8.33. The van der Waals surface area contributed by atoms with Crippen LogP contribution >= 0.6 is 0 Å². The van der Waals surface area contributed by atoms with Gasteiger partial charge in [-0.2, -0.15) is 0 Å². The third kappa shape index (κ3) is 3.68. The highest BCUT2D eigenvalue weighted by Gasteiger charge is 2.29. The lowest BCUT2D eigenvalue weighted by atomic mass is 9.91. The van der Waals surface area contributed by atoms with E-state index in [9.17, 15) is 14.4 Å². The summed E-state index contributed by atoms with van der Waals surface area (Å²) in [5, 5.41) is 0. The molecule has 132 valence electrons. The smallest absolute Gasteiger partial charge is 0.339 e. The summed E-state index contributed by atoms with van der Waals surface area (Å²) in [6.07, 6.45) is 1.19. The molecule has 0 saturated carbocycles. The van der Waals surface area contributed by atoms with E-state index < -0.39 is 5.97 Å². The zero-order chi connectivity index (χ0) is 18.0. The minimum Gasteiger partial charge on any atom is -0.465 e. The van der Waals surface area contributed by atoms with Crippen LogP contribution in [0, 0.1) is 18.8 Å². The standard InChI is InChI=1S/C18H26N2O4/c1-10-6-11(2)9-20(8-10)15(22)7-14-16(18(23)24-5)12(3)17(19-14)13(4)21/h10-11,19H,6-9H2,1-5H3. The Morgan fingerprint density at radius 3 is 2.29 bits per heavy atom. The predicted octanol–water partition coefficient (Wildman–Crippen LogP) is 2.36. The van der Waals surface area contributed by atoms with Crippen LogP contribution < -0.4 is 0 Å². The monoisotopic (exact) mass is 334 g/mol. The van der Waals surface area contributed by atoms with Gasteiger partial charge in [-0.05, 0) is 30.7 Å². The molecule has 1 aromatic rings. The molecule has 0 radical (unpaired) electrons. The largest absolute Gasteiger partial charge is 0.465 e. The number of piperidine rings is 1. The van der Waals surface area contributed by atoms with Crippen LogP contribution in [0.25, 0.3) is 0 Å². The van der Waals surface area contributed by atoms with Gasteiger partial charge in [-0.1, -0.05) is 13.8 Å². The van der Waals surface area contributed by atoms with Crippen molar-refractivity contribution in [3.8, 4) is 0 Å². The quantitative estimate of drug-likeness (QED) is 0.677. The van der Waals surface area contributed by atoms with Crippen molar-refractivity contribution < 1.29 is 19.1 Å². The molecule has 1 fully saturated rings. The third-order valence-electron chi connectivity index (χ3n) is 4.62. The summed E-state index contributed by atoms with van der Waals surface area (Å²) in [5.74, 6) is 0.206. The van der Waals surface area contributed by atoms with E-state index in [1.807, 2.05) is 4.90 Å². The fourth-order valence-electron chi connectivity index (χ4n) is 3.65. The summed E-state index contributed by atoms with van der Waals surface area (Å²) in [6, 6.07) is 0. The van der Waals surface area contributed by atoms with E-state index in [0.29, 0.717) is 34.4 Å². The molecule has 1 aliphatic rings. The molecular weight excluding hydrogens is 308 g/mol. The maximum absolute atomic E-state index is 12.7. The van der Waals surface area contributed by atoms with Crippen LogP contribution in [0.3, 0.4) is 0 Å². The number of ketones is 1. The molecule has 0 bridgehead atoms. The molecule has 0 aromatic carbocycles. The minimum atomic E-state index is -0.528. The molecule has 1 N–H and O–H groups in total. The first-order chi connectivity index (χ1) is 11.2. The first kappa shape index (κ1) is 18.2. The van der Waals surface area contributed by atoms with Crippen molar-refractivity contribution in [2.45, 2.75) is 40.5 Å². The number of Topliss-reactive ketones (excluding diaryl/α,β-unsaturated/α-hetero) is 1. The fourth-order valence-corrected chi connectivity index (χ4v) is 3.65. The van der Waals surface area contributed by atoms with Gasteiger partial charge in [0.05, 0.1) is 24.8 Å². The number of carbonyl (C=O) groups excluding carboxylic acids is 3. The molecule has 1 amide bonds. The van der Waals surface area contributed by atoms with Gasteiger partial charge in [0.15, 0.2) is 5.78 Å². The number of methoxy groups -OCH3 is 1. The van der Waals surface area contributed by atoms with Gasteiger partial charge in [0.1, 0.15) is 0 Å². The molecule has 24 heavy (non-hydrogen) atoms. The van der Waals surface area contributed by atoms with Gasteiger partial charge in [-0.25, -0.2) is 4.79 Å². The highest BCUT2D eigenvalue weighted by atomic mass is 16.5. The topological polar surface area (TPSA) is 79.5 Å². The lowest BCUT2D eigenvalue weighted by Gasteiger charge is -2.35. The van der Waals surface area contributed by atoms with Gasteiger partial charge in [0, 0.05) is 25.7 Å². The van der Waals surface area contributed by atoms with Crippen molar-refractivity contribution in [3.63, 3.8) is 0 Å². The number of nitrogens with zero attached hydrogens (tertiary/aromatic N) is 1. The number of esters is 1. The Hall–Kier alpha value is -2.11. The number of nitrogens with one attached hydrogen (secondary N) is 1. The van der Waals surface area contributed by atoms with Crippen LogP contribution in [0.4, 0.5) is 0 Å². The van der Waals surface area contributed by atoms with Crippen LogP contribution in [0.1, 0.15) is 59.3 Å². The molecule has 2 atom stereocenters. The van der Waals surface area contributed by atoms with Gasteiger partial charge in [0.2, 0.25) is 5.91 Å². The van der Waals surface area contributed by atoms with Gasteiger partial charge in [0.25, 0.3) is 0 Å². The van der Waals surface area contributed by atoms with Gasteiger partial charge < -0.3 is 14.6 Å². The molecule has 0 spiro atoms. The maximum atomic E-state index is 12.7. The van der Waals surface area contributed by atoms with Crippen molar-refractivity contribution in [1.29, 1.82) is 0 Å². The van der Waals surface area contributed by atoms with E-state index >= 15 is 0 Å². The molecular formula is C18H26N2O4. The van der Waals surface area contributed by atoms with Crippen LogP contribution in [0.5, 0.6) is 0 Å². The van der Waals surface area contributed by atoms with Crippen molar-refractivity contribution >= 4 is 17.7 Å². The molecule has 0 aliphatic carbocycles. The van der Waals surface area contributed by atoms with Crippen LogP contribution in [0.15, 0.2) is 0 Å². The van der Waals surface area contributed by atoms with E-state index in [0.717, 1.165) is 19.5 Å². The molecule has 1 aromatic heterocycles. The van der Waals surface area contributed by atoms with Gasteiger partial charge in [-0.15, -0.1) is 0 Å². The Morgan fingerprint density at radius 2 is 1.79 bits per heavy atom. The summed E-state index contributed by atoms with van der Waals surface area (Å²) in [6.45, 7) is 8.87. The number of amides is 1. The maximum Gasteiger partial charge on any atom is 0.339 e. The normalized spacial score (nSPS) is 20.8. The van der Waals surface area contributed by atoms with E-state index in [2.05, 4.69) is 18.8 Å². The number of likely N-dealkylation sites (tertiary alicyclic amines) is 1. The van der Waals surface area contributed by atoms with Crippen molar-refractivity contribution in [2.24, 2.45) is 11.8 Å². The zero-order valence-corrected chi connectivity index (χ0v) is 15.1. The lowest BCUT2D eigenvalue weighted by Crippen LogP contribution is -2.43. The molecule has 1 aliphatic heterocycles. The number of hydrogen-bond acceptors (Lipinski definition) is 4. The van der Waals surface area contributed by atoms with E-state index in [1.165, 1.54) is 14.0 Å². The van der Waals surface area contributed by atoms with E-state index in [4.69, 9.17) is 4.74 Å². The second kappa shape index (κ2) is 7.20. The first-order valence-corrected chi connectivity index (χ1v) is 8.33. The summed E-state index contributed by atoms with van der Waals surface area (Å²) < 4.78 is 4.82. The Balaban J connectivity index is 2.28. The molecule has 1 saturated heterocycles. The third-order valence-corrected chi connectivity index (χ3v) is 4.62. The number of rotatable bonds is 4. The Morgan fingerprint density at radius 1 is 1.21 bits per heavy atom. The van der Waals surface area contributed by atoms with Gasteiger partial charge >= 0.3 is 5.97 Å². The summed E-state index contributed by atoms with van der Waals surface area (Å²) in [7, 11) is 1.29. The van der Waals surface area contributed by atoms with Crippen molar-refractivity contribution in [2.75, 3.05) is 20.2 Å². The molecule has 2 rings (SSSR count). The Bertz CT molecular complexity index is 652. The Kier molecular flexibility index (Phi) is 5.47. The van der Waals surface area contributed by atoms with E-state index in [1.54, 1.807) is 6.92 Å². The Labute approximate surface area is 142 Å². The molecule has 6 nitrogen and oxygen atoms in total. The molecule has 2 heterocycles. The number of ether oxygens (including phenoxy) is 1. The number of hydrogen-bond donors (Lipinski definition) is 1. The molecule has 2 unspecified atom stereocenters. The predicted molar refractivity (Wildman–Crippen MR) is 90.1 cm³/mol. The number of H-pyrrole nitrogens is 1. The fraction of sp³-hybridized carbons (Fsp3) is 0.611. The molecule has 6 heteroatoms. The highest BCUT2D eigenvalue weighted by Crippen LogP contribution is 2.24. The lowest BCUT2D eigenvalue weighted by molar-refractivity contribution is -0.133. The number of aromatic amines is 1. The zero-order valence-electron chi connectivity index (χ0n) is 15.1. The summed E-state index contributed by atoms with van der Waals surface area (Å²) in [5.41, 5.74) is 1.66. The average Bonchev–Trinajstić information content (AvgIpc) is 2.82. The number of aromatic nitrogens is 1. The second-order valence-corrected chi connectivity index (χ2v) is 6.95. The van der Waals surface area contributed by atoms with Gasteiger partial charge in [-0.3, -0.25) is 9.59 Å². The number of carbonyl (C=O) groups is 3. The van der Waals surface area contributed by atoms with E-state index in [-0.39, 0.29) is 18.1 Å². The summed E-state index contributed by atoms with van der Waals surface area (Å²) >= 11 is 0. The average molecular weight is 334 g/mol. The second-order valence-electron chi connectivity index (χ2n) is 6.95. The van der Waals surface area contributed by atoms with Crippen LogP contribution in [-0.2, 0) is 16.0 Å². The van der Waals surface area contributed by atoms with Crippen LogP contribution in [-0.4, -0.2) is 47.7 Å². The van der Waals surface area contributed by atoms with Crippen molar-refractivity contribution in [1.82, 2.24) is 9.88 Å². The summed E-state index contributed by atoms with van der Waals surface area (Å²) in [4.78, 5) is 41.3. The minimum absolute atomic E-state index is 0.0325. The van der Waals surface area contributed by atoms with Crippen LogP contribution in [0.2, 0.25) is 0 Å².